The lowest BCUT2D eigenvalue weighted by molar-refractivity contribution is 0.170. The molecule has 0 amide bonds. The molecule has 0 saturated carbocycles. The molecule has 1 aromatic heterocycles. The summed E-state index contributed by atoms with van der Waals surface area (Å²) in [5, 5.41) is 0. The zero-order valence-corrected chi connectivity index (χ0v) is 13.7. The maximum atomic E-state index is 12.3. The van der Waals surface area contributed by atoms with Crippen LogP contribution in [0, 0.1) is 0 Å². The molecule has 0 N–H and O–H groups in total. The van der Waals surface area contributed by atoms with Crippen molar-refractivity contribution in [1.29, 1.82) is 0 Å². The van der Waals surface area contributed by atoms with Gasteiger partial charge in [-0.2, -0.15) is 0 Å². The van der Waals surface area contributed by atoms with E-state index < -0.39 is 9.84 Å². The lowest BCUT2D eigenvalue weighted by Gasteiger charge is -2.34. The monoisotopic (exact) mass is 318 g/mol. The molecule has 1 aliphatic rings. The maximum absolute atomic E-state index is 12.3. The summed E-state index contributed by atoms with van der Waals surface area (Å²) in [6.07, 6.45) is 2.78. The topological polar surface area (TPSA) is 42.3 Å². The van der Waals surface area contributed by atoms with Gasteiger partial charge < -0.3 is 4.57 Å². The second-order valence-electron chi connectivity index (χ2n) is 5.82. The second-order valence-corrected chi connectivity index (χ2v) is 7.93. The molecule has 1 atom stereocenters. The number of benzene rings is 1. The van der Waals surface area contributed by atoms with Gasteiger partial charge >= 0.3 is 0 Å². The van der Waals surface area contributed by atoms with Crippen LogP contribution in [0.1, 0.15) is 25.1 Å². The van der Waals surface area contributed by atoms with E-state index in [2.05, 4.69) is 34.7 Å². The lowest BCUT2D eigenvalue weighted by atomic mass is 10.1. The van der Waals surface area contributed by atoms with E-state index >= 15 is 0 Å². The fraction of sp³-hybridized carbons (Fsp3) is 0.412. The average Bonchev–Trinajstić information content (AvgIpc) is 3.00. The van der Waals surface area contributed by atoms with Gasteiger partial charge in [-0.05, 0) is 44.2 Å². The van der Waals surface area contributed by atoms with Crippen LogP contribution in [0.15, 0.2) is 53.6 Å². The molecule has 2 aromatic rings. The Hall–Kier alpha value is -1.59. The van der Waals surface area contributed by atoms with E-state index in [1.807, 2.05) is 6.07 Å². The van der Waals surface area contributed by atoms with E-state index in [1.54, 1.807) is 24.3 Å². The van der Waals surface area contributed by atoms with Crippen molar-refractivity contribution < 1.29 is 8.42 Å². The molecule has 1 aromatic carbocycles. The van der Waals surface area contributed by atoms with Crippen LogP contribution in [0.5, 0.6) is 0 Å². The molecule has 5 heteroatoms. The summed E-state index contributed by atoms with van der Waals surface area (Å²) < 4.78 is 26.9. The van der Waals surface area contributed by atoms with Crippen LogP contribution in [0.3, 0.4) is 0 Å². The minimum atomic E-state index is -3.16. The molecule has 0 saturated heterocycles. The first kappa shape index (κ1) is 15.3. The van der Waals surface area contributed by atoms with E-state index in [1.165, 1.54) is 5.69 Å². The van der Waals surface area contributed by atoms with Crippen molar-refractivity contribution in [1.82, 2.24) is 9.47 Å². The minimum Gasteiger partial charge on any atom is -0.349 e. The highest BCUT2D eigenvalue weighted by Crippen LogP contribution is 2.25. The van der Waals surface area contributed by atoms with Gasteiger partial charge in [-0.15, -0.1) is 0 Å². The molecule has 0 fully saturated rings. The van der Waals surface area contributed by atoms with Gasteiger partial charge in [0.2, 0.25) is 0 Å². The van der Waals surface area contributed by atoms with Crippen LogP contribution in [0.2, 0.25) is 0 Å². The summed E-state index contributed by atoms with van der Waals surface area (Å²) in [7, 11) is -3.16. The average molecular weight is 318 g/mol. The van der Waals surface area contributed by atoms with Crippen LogP contribution < -0.4 is 0 Å². The highest BCUT2D eigenvalue weighted by Gasteiger charge is 2.23. The van der Waals surface area contributed by atoms with Gasteiger partial charge in [-0.1, -0.05) is 18.2 Å². The Balaban J connectivity index is 1.58. The standard InChI is InChI=1S/C17H22N2O2S/c1-15-17-9-5-10-19(17)13-12-18(15)11-6-14-22(20,21)16-7-3-2-4-8-16/h2-5,7-10,15H,6,11-14H2,1H3. The molecule has 0 spiro atoms. The summed E-state index contributed by atoms with van der Waals surface area (Å²) in [5.74, 6) is 0.210. The molecule has 0 radical (unpaired) electrons. The van der Waals surface area contributed by atoms with E-state index in [4.69, 9.17) is 0 Å². The molecule has 4 nitrogen and oxygen atoms in total. The molecule has 0 aliphatic carbocycles. The Morgan fingerprint density at radius 1 is 1.09 bits per heavy atom. The molecule has 2 heterocycles. The number of hydrogen-bond acceptors (Lipinski definition) is 3. The van der Waals surface area contributed by atoms with Crippen molar-refractivity contribution in [3.63, 3.8) is 0 Å². The predicted octanol–water partition coefficient (Wildman–Crippen LogP) is 2.73. The first-order valence-electron chi connectivity index (χ1n) is 7.75. The Morgan fingerprint density at radius 2 is 1.86 bits per heavy atom. The van der Waals surface area contributed by atoms with E-state index in [9.17, 15) is 8.42 Å². The fourth-order valence-corrected chi connectivity index (χ4v) is 4.45. The van der Waals surface area contributed by atoms with Crippen LogP contribution in [-0.4, -0.2) is 36.7 Å². The Labute approximate surface area is 132 Å². The zero-order chi connectivity index (χ0) is 15.6. The predicted molar refractivity (Wildman–Crippen MR) is 87.5 cm³/mol. The van der Waals surface area contributed by atoms with Crippen LogP contribution in [-0.2, 0) is 16.4 Å². The molecule has 1 aliphatic heterocycles. The van der Waals surface area contributed by atoms with Crippen molar-refractivity contribution in [3.05, 3.63) is 54.4 Å². The van der Waals surface area contributed by atoms with Gasteiger partial charge in [0.1, 0.15) is 0 Å². The Bertz CT molecular complexity index is 722. The van der Waals surface area contributed by atoms with Crippen molar-refractivity contribution >= 4 is 9.84 Å². The Morgan fingerprint density at radius 3 is 2.64 bits per heavy atom. The summed E-state index contributed by atoms with van der Waals surface area (Å²) in [6.45, 7) is 4.97. The van der Waals surface area contributed by atoms with Gasteiger partial charge in [0.25, 0.3) is 0 Å². The van der Waals surface area contributed by atoms with E-state index in [0.717, 1.165) is 19.6 Å². The molecule has 118 valence electrons. The van der Waals surface area contributed by atoms with Crippen LogP contribution >= 0.6 is 0 Å². The van der Waals surface area contributed by atoms with Crippen LogP contribution in [0.25, 0.3) is 0 Å². The van der Waals surface area contributed by atoms with Crippen molar-refractivity contribution in [3.8, 4) is 0 Å². The number of aromatic nitrogens is 1. The van der Waals surface area contributed by atoms with Gasteiger partial charge in [0.15, 0.2) is 9.84 Å². The van der Waals surface area contributed by atoms with Crippen LogP contribution in [0.4, 0.5) is 0 Å². The van der Waals surface area contributed by atoms with Gasteiger partial charge in [0.05, 0.1) is 10.6 Å². The minimum absolute atomic E-state index is 0.210. The molecule has 3 rings (SSSR count). The quantitative estimate of drug-likeness (QED) is 0.851. The van der Waals surface area contributed by atoms with Gasteiger partial charge in [0, 0.05) is 31.0 Å². The SMILES string of the molecule is CC1c2cccn2CCN1CCCS(=O)(=O)c1ccccc1. The third-order valence-electron chi connectivity index (χ3n) is 4.43. The van der Waals surface area contributed by atoms with E-state index in [0.29, 0.717) is 17.4 Å². The summed E-state index contributed by atoms with van der Waals surface area (Å²) in [4.78, 5) is 2.80. The summed E-state index contributed by atoms with van der Waals surface area (Å²) in [5.41, 5.74) is 1.32. The fourth-order valence-electron chi connectivity index (χ4n) is 3.14. The molecular weight excluding hydrogens is 296 g/mol. The second kappa shape index (κ2) is 6.26. The third-order valence-corrected chi connectivity index (χ3v) is 6.25. The van der Waals surface area contributed by atoms with E-state index in [-0.39, 0.29) is 5.75 Å². The number of rotatable bonds is 5. The lowest BCUT2D eigenvalue weighted by Crippen LogP contribution is -2.37. The highest BCUT2D eigenvalue weighted by molar-refractivity contribution is 7.91. The molecule has 1 unspecified atom stereocenters. The summed E-state index contributed by atoms with van der Waals surface area (Å²) >= 11 is 0. The van der Waals surface area contributed by atoms with Crippen molar-refractivity contribution in [2.75, 3.05) is 18.8 Å². The highest BCUT2D eigenvalue weighted by atomic mass is 32.2. The van der Waals surface area contributed by atoms with Gasteiger partial charge in [-0.25, -0.2) is 8.42 Å². The first-order chi connectivity index (χ1) is 10.6. The molecular formula is C17H22N2O2S. The number of nitrogens with zero attached hydrogens (tertiary/aromatic N) is 2. The van der Waals surface area contributed by atoms with Crippen molar-refractivity contribution in [2.45, 2.75) is 30.8 Å². The van der Waals surface area contributed by atoms with Crippen molar-refractivity contribution in [2.24, 2.45) is 0 Å². The normalized spacial score (nSPS) is 19.0. The maximum Gasteiger partial charge on any atom is 0.178 e. The number of sulfone groups is 1. The first-order valence-corrected chi connectivity index (χ1v) is 9.40. The van der Waals surface area contributed by atoms with Gasteiger partial charge in [-0.3, -0.25) is 4.90 Å². The number of hydrogen-bond donors (Lipinski definition) is 0. The largest absolute Gasteiger partial charge is 0.349 e. The zero-order valence-electron chi connectivity index (χ0n) is 12.9. The third kappa shape index (κ3) is 3.10. The summed E-state index contributed by atoms with van der Waals surface area (Å²) in [6, 6.07) is 13.3. The molecule has 22 heavy (non-hydrogen) atoms. The number of fused-ring (bicyclic) bond motifs is 1. The molecule has 0 bridgehead atoms. The Kier molecular flexibility index (Phi) is 4.36. The smallest absolute Gasteiger partial charge is 0.178 e.